The molecule has 20 heavy (non-hydrogen) atoms. The third-order valence-electron chi connectivity index (χ3n) is 3.66. The minimum absolute atomic E-state index is 0. The van der Waals surface area contributed by atoms with Gasteiger partial charge in [0, 0.05) is 23.5 Å². The van der Waals surface area contributed by atoms with Gasteiger partial charge in [0.15, 0.2) is 0 Å². The molecule has 2 N–H and O–H groups in total. The van der Waals surface area contributed by atoms with Crippen LogP contribution in [-0.4, -0.2) is 24.5 Å². The van der Waals surface area contributed by atoms with E-state index in [0.717, 1.165) is 36.4 Å². The van der Waals surface area contributed by atoms with Gasteiger partial charge in [-0.15, -0.1) is 12.4 Å². The van der Waals surface area contributed by atoms with E-state index in [0.29, 0.717) is 12.5 Å². The molecule has 1 fully saturated rings. The number of amides is 1. The molecule has 3 nitrogen and oxygen atoms in total. The van der Waals surface area contributed by atoms with E-state index in [2.05, 4.69) is 17.6 Å². The molecule has 0 spiro atoms. The van der Waals surface area contributed by atoms with Crippen LogP contribution in [0.5, 0.6) is 0 Å². The molecule has 1 aliphatic heterocycles. The molecule has 1 heterocycles. The Morgan fingerprint density at radius 1 is 1.40 bits per heavy atom. The predicted molar refractivity (Wildman–Crippen MR) is 85.7 cm³/mol. The first kappa shape index (κ1) is 17.3. The molecular formula is C15H22Cl2N2O. The van der Waals surface area contributed by atoms with Crippen molar-refractivity contribution in [3.63, 3.8) is 0 Å². The summed E-state index contributed by atoms with van der Waals surface area (Å²) >= 11 is 5.83. The van der Waals surface area contributed by atoms with E-state index >= 15 is 0 Å². The average molecular weight is 317 g/mol. The van der Waals surface area contributed by atoms with Gasteiger partial charge in [-0.25, -0.2) is 0 Å². The van der Waals surface area contributed by atoms with Gasteiger partial charge in [0.25, 0.3) is 0 Å². The fraction of sp³-hybridized carbons (Fsp3) is 0.533. The molecule has 0 aliphatic carbocycles. The Balaban J connectivity index is 0.00000200. The number of nitrogens with one attached hydrogen (secondary N) is 2. The van der Waals surface area contributed by atoms with E-state index in [-0.39, 0.29) is 24.4 Å². The van der Waals surface area contributed by atoms with E-state index in [1.165, 1.54) is 0 Å². The molecule has 5 heteroatoms. The Morgan fingerprint density at radius 2 is 2.10 bits per heavy atom. The molecule has 0 saturated carbocycles. The molecule has 0 bridgehead atoms. The van der Waals surface area contributed by atoms with Gasteiger partial charge in [0.05, 0.1) is 0 Å². The minimum atomic E-state index is 0. The van der Waals surface area contributed by atoms with E-state index in [9.17, 15) is 4.79 Å². The van der Waals surface area contributed by atoms with Crippen LogP contribution in [0.4, 0.5) is 0 Å². The Hall–Kier alpha value is -0.770. The SMILES string of the molecule is CC1NCCCC1NC(=O)CCc1ccc(Cl)cc1.Cl. The maximum absolute atomic E-state index is 11.9. The lowest BCUT2D eigenvalue weighted by Gasteiger charge is -2.30. The molecule has 2 atom stereocenters. The van der Waals surface area contributed by atoms with Gasteiger partial charge in [-0.2, -0.15) is 0 Å². The van der Waals surface area contributed by atoms with Crippen LogP contribution in [0.25, 0.3) is 0 Å². The number of aryl methyl sites for hydroxylation is 1. The van der Waals surface area contributed by atoms with Crippen LogP contribution >= 0.6 is 24.0 Å². The van der Waals surface area contributed by atoms with Crippen LogP contribution in [-0.2, 0) is 11.2 Å². The van der Waals surface area contributed by atoms with Gasteiger partial charge in [-0.1, -0.05) is 23.7 Å². The highest BCUT2D eigenvalue weighted by Gasteiger charge is 2.21. The number of hydrogen-bond acceptors (Lipinski definition) is 2. The summed E-state index contributed by atoms with van der Waals surface area (Å²) in [5.74, 6) is 0.135. The van der Waals surface area contributed by atoms with Gasteiger partial charge in [0.1, 0.15) is 0 Å². The summed E-state index contributed by atoms with van der Waals surface area (Å²) in [7, 11) is 0. The Bertz CT molecular complexity index is 422. The second-order valence-corrected chi connectivity index (χ2v) is 5.62. The molecule has 0 radical (unpaired) electrons. The molecule has 1 amide bonds. The van der Waals surface area contributed by atoms with Gasteiger partial charge in [-0.05, 0) is 50.4 Å². The number of halogens is 2. The fourth-order valence-electron chi connectivity index (χ4n) is 2.43. The summed E-state index contributed by atoms with van der Waals surface area (Å²) in [5, 5.41) is 7.24. The van der Waals surface area contributed by atoms with Crippen molar-refractivity contribution in [2.24, 2.45) is 0 Å². The maximum atomic E-state index is 11.9. The van der Waals surface area contributed by atoms with Crippen LogP contribution in [0.15, 0.2) is 24.3 Å². The van der Waals surface area contributed by atoms with Crippen LogP contribution in [0.3, 0.4) is 0 Å². The molecule has 2 unspecified atom stereocenters. The van der Waals surface area contributed by atoms with Crippen molar-refractivity contribution >= 4 is 29.9 Å². The number of benzene rings is 1. The number of carbonyl (C=O) groups excluding carboxylic acids is 1. The topological polar surface area (TPSA) is 41.1 Å². The Kier molecular flexibility index (Phi) is 7.35. The van der Waals surface area contributed by atoms with Crippen molar-refractivity contribution in [2.45, 2.75) is 44.7 Å². The fourth-order valence-corrected chi connectivity index (χ4v) is 2.56. The number of rotatable bonds is 4. The summed E-state index contributed by atoms with van der Waals surface area (Å²) in [6, 6.07) is 8.31. The highest BCUT2D eigenvalue weighted by atomic mass is 35.5. The largest absolute Gasteiger partial charge is 0.352 e. The zero-order valence-corrected chi connectivity index (χ0v) is 13.3. The van der Waals surface area contributed by atoms with Crippen LogP contribution in [0.1, 0.15) is 31.7 Å². The van der Waals surface area contributed by atoms with Gasteiger partial charge < -0.3 is 10.6 Å². The molecule has 1 aromatic rings. The lowest BCUT2D eigenvalue weighted by molar-refractivity contribution is -0.122. The zero-order valence-electron chi connectivity index (χ0n) is 11.7. The first-order valence-electron chi connectivity index (χ1n) is 6.92. The smallest absolute Gasteiger partial charge is 0.220 e. The highest BCUT2D eigenvalue weighted by molar-refractivity contribution is 6.30. The third kappa shape index (κ3) is 5.31. The maximum Gasteiger partial charge on any atom is 0.220 e. The second-order valence-electron chi connectivity index (χ2n) is 5.19. The summed E-state index contributed by atoms with van der Waals surface area (Å²) < 4.78 is 0. The average Bonchev–Trinajstić information content (AvgIpc) is 2.41. The third-order valence-corrected chi connectivity index (χ3v) is 3.91. The summed E-state index contributed by atoms with van der Waals surface area (Å²) in [5.41, 5.74) is 1.15. The van der Waals surface area contributed by atoms with Crippen molar-refractivity contribution in [1.82, 2.24) is 10.6 Å². The number of carbonyl (C=O) groups is 1. The van der Waals surface area contributed by atoms with Crippen molar-refractivity contribution in [1.29, 1.82) is 0 Å². The lowest BCUT2D eigenvalue weighted by atomic mass is 9.99. The molecule has 1 aliphatic rings. The van der Waals surface area contributed by atoms with Crippen molar-refractivity contribution in [2.75, 3.05) is 6.54 Å². The second kappa shape index (κ2) is 8.50. The molecule has 2 rings (SSSR count). The van der Waals surface area contributed by atoms with Crippen molar-refractivity contribution in [3.05, 3.63) is 34.9 Å². The molecule has 1 saturated heterocycles. The number of hydrogen-bond donors (Lipinski definition) is 2. The highest BCUT2D eigenvalue weighted by Crippen LogP contribution is 2.12. The van der Waals surface area contributed by atoms with Gasteiger partial charge in [0.2, 0.25) is 5.91 Å². The van der Waals surface area contributed by atoms with Gasteiger partial charge >= 0.3 is 0 Å². The van der Waals surface area contributed by atoms with Crippen LogP contribution in [0, 0.1) is 0 Å². The standard InChI is InChI=1S/C15H21ClN2O.ClH/c1-11-14(3-2-10-17-11)18-15(19)9-6-12-4-7-13(16)8-5-12;/h4-5,7-8,11,14,17H,2-3,6,9-10H2,1H3,(H,18,19);1H. The van der Waals surface area contributed by atoms with E-state index < -0.39 is 0 Å². The Labute approximate surface area is 131 Å². The Morgan fingerprint density at radius 3 is 2.75 bits per heavy atom. The summed E-state index contributed by atoms with van der Waals surface area (Å²) in [4.78, 5) is 11.9. The predicted octanol–water partition coefficient (Wildman–Crippen LogP) is 2.95. The molecule has 1 aromatic carbocycles. The molecule has 112 valence electrons. The minimum Gasteiger partial charge on any atom is -0.352 e. The lowest BCUT2D eigenvalue weighted by Crippen LogP contribution is -2.51. The van der Waals surface area contributed by atoms with Crippen LogP contribution < -0.4 is 10.6 Å². The first-order chi connectivity index (χ1) is 9.15. The monoisotopic (exact) mass is 316 g/mol. The number of piperidine rings is 1. The summed E-state index contributed by atoms with van der Waals surface area (Å²) in [6.07, 6.45) is 3.50. The summed E-state index contributed by atoms with van der Waals surface area (Å²) in [6.45, 7) is 3.18. The normalized spacial score (nSPS) is 21.9. The van der Waals surface area contributed by atoms with Crippen molar-refractivity contribution < 1.29 is 4.79 Å². The molecular weight excluding hydrogens is 295 g/mol. The van der Waals surface area contributed by atoms with E-state index in [1.807, 2.05) is 24.3 Å². The van der Waals surface area contributed by atoms with E-state index in [4.69, 9.17) is 11.6 Å². The quantitative estimate of drug-likeness (QED) is 0.896. The molecule has 0 aromatic heterocycles. The first-order valence-corrected chi connectivity index (χ1v) is 7.30. The van der Waals surface area contributed by atoms with E-state index in [1.54, 1.807) is 0 Å². The van der Waals surface area contributed by atoms with Crippen LogP contribution in [0.2, 0.25) is 5.02 Å². The van der Waals surface area contributed by atoms with Crippen molar-refractivity contribution in [3.8, 4) is 0 Å². The zero-order chi connectivity index (χ0) is 13.7. The van der Waals surface area contributed by atoms with Gasteiger partial charge in [-0.3, -0.25) is 4.79 Å².